The van der Waals surface area contributed by atoms with Gasteiger partial charge in [-0.3, -0.25) is 9.55 Å². The Morgan fingerprint density at radius 3 is 2.62 bits per heavy atom. The van der Waals surface area contributed by atoms with Crippen molar-refractivity contribution in [2.75, 3.05) is 0 Å². The summed E-state index contributed by atoms with van der Waals surface area (Å²) in [5.74, 6) is -0.428. The minimum atomic E-state index is -1.42. The number of ether oxygens (including phenoxy) is 1. The van der Waals surface area contributed by atoms with Crippen LogP contribution in [0.2, 0.25) is 0 Å². The van der Waals surface area contributed by atoms with Crippen molar-refractivity contribution >= 4 is 27.8 Å². The van der Waals surface area contributed by atoms with Crippen LogP contribution in [0.3, 0.4) is 0 Å². The Labute approximate surface area is 167 Å². The van der Waals surface area contributed by atoms with Crippen LogP contribution in [0.1, 0.15) is 38.2 Å². The van der Waals surface area contributed by atoms with Crippen LogP contribution in [-0.2, 0) is 4.79 Å². The molecule has 0 bridgehead atoms. The molecule has 1 saturated carbocycles. The van der Waals surface area contributed by atoms with Gasteiger partial charge in [-0.05, 0) is 55.7 Å². The number of fused-ring (bicyclic) bond motifs is 2. The van der Waals surface area contributed by atoms with Crippen LogP contribution in [0.15, 0.2) is 54.9 Å². The Balaban J connectivity index is 1.78. The van der Waals surface area contributed by atoms with Gasteiger partial charge in [0.05, 0.1) is 17.4 Å². The van der Waals surface area contributed by atoms with Gasteiger partial charge in [0, 0.05) is 11.6 Å². The molecule has 2 heterocycles. The molecule has 6 heteroatoms. The maximum Gasteiger partial charge on any atom is 0.347 e. The Kier molecular flexibility index (Phi) is 3.84. The third-order valence-electron chi connectivity index (χ3n) is 5.48. The number of aliphatic carboxylic acids is 1. The van der Waals surface area contributed by atoms with E-state index in [0.29, 0.717) is 11.4 Å². The number of carbonyl (C=O) groups is 1. The summed E-state index contributed by atoms with van der Waals surface area (Å²) in [6, 6.07) is 14.7. The molecule has 2 aromatic carbocycles. The monoisotopic (exact) mass is 387 g/mol. The molecule has 4 aromatic rings. The fourth-order valence-corrected chi connectivity index (χ4v) is 3.74. The minimum absolute atomic E-state index is 0.240. The van der Waals surface area contributed by atoms with E-state index in [-0.39, 0.29) is 6.01 Å². The molecule has 1 N–H and O–H groups in total. The van der Waals surface area contributed by atoms with Gasteiger partial charge in [-0.1, -0.05) is 30.3 Å². The summed E-state index contributed by atoms with van der Waals surface area (Å²) in [6.45, 7) is 3.04. The highest BCUT2D eigenvalue weighted by molar-refractivity contribution is 5.95. The van der Waals surface area contributed by atoms with Crippen molar-refractivity contribution in [3.05, 3.63) is 60.4 Å². The molecular weight excluding hydrogens is 366 g/mol. The normalized spacial score (nSPS) is 14.4. The molecule has 0 radical (unpaired) electrons. The van der Waals surface area contributed by atoms with Crippen molar-refractivity contribution in [1.29, 1.82) is 0 Å². The van der Waals surface area contributed by atoms with E-state index in [1.807, 2.05) is 16.7 Å². The number of nitrogens with zero attached hydrogens (tertiary/aromatic N) is 3. The Hall–Kier alpha value is -3.41. The second-order valence-electron chi connectivity index (χ2n) is 8.01. The second-order valence-corrected chi connectivity index (χ2v) is 8.01. The fraction of sp³-hybridized carbons (Fsp3) is 0.261. The number of hydrogen-bond acceptors (Lipinski definition) is 4. The van der Waals surface area contributed by atoms with E-state index in [0.717, 1.165) is 16.6 Å². The van der Waals surface area contributed by atoms with Crippen LogP contribution >= 0.6 is 0 Å². The molecule has 0 aliphatic heterocycles. The lowest BCUT2D eigenvalue weighted by atomic mass is 9.99. The largest absolute Gasteiger partial charge is 0.478 e. The van der Waals surface area contributed by atoms with Crippen molar-refractivity contribution in [3.63, 3.8) is 0 Å². The third-order valence-corrected chi connectivity index (χ3v) is 5.48. The third kappa shape index (κ3) is 2.92. The fourth-order valence-electron chi connectivity index (χ4n) is 3.74. The van der Waals surface area contributed by atoms with Crippen molar-refractivity contribution in [3.8, 4) is 11.7 Å². The zero-order valence-corrected chi connectivity index (χ0v) is 16.3. The lowest BCUT2D eigenvalue weighted by Crippen LogP contribution is -2.38. The average molecular weight is 387 g/mol. The number of carboxylic acid groups (broad SMARTS) is 1. The molecule has 6 nitrogen and oxygen atoms in total. The predicted octanol–water partition coefficient (Wildman–Crippen LogP) is 4.69. The van der Waals surface area contributed by atoms with E-state index in [1.165, 1.54) is 37.6 Å². The lowest BCUT2D eigenvalue weighted by Gasteiger charge is -2.22. The summed E-state index contributed by atoms with van der Waals surface area (Å²) in [5, 5.41) is 11.8. The van der Waals surface area contributed by atoms with Gasteiger partial charge in [-0.15, -0.1) is 0 Å². The van der Waals surface area contributed by atoms with Crippen molar-refractivity contribution in [1.82, 2.24) is 14.5 Å². The Morgan fingerprint density at radius 2 is 1.90 bits per heavy atom. The summed E-state index contributed by atoms with van der Waals surface area (Å²) >= 11 is 0. The number of benzene rings is 2. The topological polar surface area (TPSA) is 77.2 Å². The molecular formula is C23H21N3O3. The average Bonchev–Trinajstić information content (AvgIpc) is 3.48. The maximum atomic E-state index is 11.7. The van der Waals surface area contributed by atoms with Crippen molar-refractivity contribution in [2.24, 2.45) is 0 Å². The molecule has 0 saturated heterocycles. The van der Waals surface area contributed by atoms with Crippen LogP contribution in [0.4, 0.5) is 0 Å². The highest BCUT2D eigenvalue weighted by atomic mass is 16.5. The number of imidazole rings is 1. The zero-order chi connectivity index (χ0) is 20.2. The van der Waals surface area contributed by atoms with E-state index < -0.39 is 11.6 Å². The Morgan fingerprint density at radius 1 is 1.14 bits per heavy atom. The lowest BCUT2D eigenvalue weighted by molar-refractivity contribution is -0.152. The van der Waals surface area contributed by atoms with E-state index in [1.54, 1.807) is 12.4 Å². The maximum absolute atomic E-state index is 11.7. The van der Waals surface area contributed by atoms with Gasteiger partial charge in [0.25, 0.3) is 0 Å². The van der Waals surface area contributed by atoms with Crippen LogP contribution in [0, 0.1) is 0 Å². The quantitative estimate of drug-likeness (QED) is 0.537. The Bertz CT molecular complexity index is 1250. The first-order chi connectivity index (χ1) is 14.0. The molecule has 0 amide bonds. The summed E-state index contributed by atoms with van der Waals surface area (Å²) in [7, 11) is 0. The molecule has 2 aromatic heterocycles. The van der Waals surface area contributed by atoms with Crippen LogP contribution in [0.25, 0.3) is 27.5 Å². The second kappa shape index (κ2) is 6.30. The minimum Gasteiger partial charge on any atom is -0.478 e. The predicted molar refractivity (Wildman–Crippen MR) is 111 cm³/mol. The van der Waals surface area contributed by atoms with Gasteiger partial charge in [0.15, 0.2) is 0 Å². The molecule has 0 unspecified atom stereocenters. The van der Waals surface area contributed by atoms with E-state index in [4.69, 9.17) is 4.74 Å². The van der Waals surface area contributed by atoms with E-state index >= 15 is 0 Å². The molecule has 5 rings (SSSR count). The molecule has 0 atom stereocenters. The highest BCUT2D eigenvalue weighted by Gasteiger charge is 2.32. The smallest absolute Gasteiger partial charge is 0.347 e. The number of hydrogen-bond donors (Lipinski definition) is 1. The zero-order valence-electron chi connectivity index (χ0n) is 16.3. The first-order valence-electron chi connectivity index (χ1n) is 9.72. The van der Waals surface area contributed by atoms with Crippen LogP contribution in [-0.4, -0.2) is 31.2 Å². The summed E-state index contributed by atoms with van der Waals surface area (Å²) < 4.78 is 7.79. The first kappa shape index (κ1) is 17.7. The van der Waals surface area contributed by atoms with Gasteiger partial charge >= 0.3 is 12.0 Å². The number of aromatic nitrogens is 3. The highest BCUT2D eigenvalue weighted by Crippen LogP contribution is 2.44. The summed E-state index contributed by atoms with van der Waals surface area (Å²) in [4.78, 5) is 20.4. The molecule has 29 heavy (non-hydrogen) atoms. The van der Waals surface area contributed by atoms with Crippen molar-refractivity contribution < 1.29 is 14.6 Å². The first-order valence-corrected chi connectivity index (χ1v) is 9.72. The number of carboxylic acids is 1. The van der Waals surface area contributed by atoms with E-state index in [2.05, 4.69) is 40.3 Å². The van der Waals surface area contributed by atoms with Gasteiger partial charge in [-0.25, -0.2) is 4.79 Å². The van der Waals surface area contributed by atoms with Crippen LogP contribution < -0.4 is 4.74 Å². The van der Waals surface area contributed by atoms with Gasteiger partial charge in [0.2, 0.25) is 5.60 Å². The molecule has 1 aliphatic carbocycles. The van der Waals surface area contributed by atoms with Gasteiger partial charge in [-0.2, -0.15) is 4.98 Å². The van der Waals surface area contributed by atoms with Crippen LogP contribution in [0.5, 0.6) is 6.01 Å². The molecule has 0 spiro atoms. The number of pyridine rings is 1. The molecule has 1 aliphatic rings. The molecule has 146 valence electrons. The van der Waals surface area contributed by atoms with E-state index in [9.17, 15) is 9.90 Å². The van der Waals surface area contributed by atoms with Gasteiger partial charge in [0.1, 0.15) is 5.52 Å². The SMILES string of the molecule is CC(C)(Oc1nc2cnccc2n1-c1ccc(C2CC2)c2ccccc12)C(=O)O. The number of rotatable bonds is 5. The van der Waals surface area contributed by atoms with Gasteiger partial charge < -0.3 is 9.84 Å². The van der Waals surface area contributed by atoms with Crippen molar-refractivity contribution in [2.45, 2.75) is 38.2 Å². The standard InChI is InChI=1S/C23H21N3O3/c1-23(2,21(27)28)29-22-25-18-13-24-12-11-20(18)26(22)19-10-9-15(14-7-8-14)16-5-3-4-6-17(16)19/h3-6,9-14H,7-8H2,1-2H3,(H,27,28). The summed E-state index contributed by atoms with van der Waals surface area (Å²) in [5.41, 5.74) is 2.33. The molecule has 1 fully saturated rings. The summed E-state index contributed by atoms with van der Waals surface area (Å²) in [6.07, 6.45) is 5.81.